The Morgan fingerprint density at radius 1 is 1.09 bits per heavy atom. The number of hydrogen-bond donors (Lipinski definition) is 0. The molecule has 5 nitrogen and oxygen atoms in total. The van der Waals surface area contributed by atoms with E-state index in [1.165, 1.54) is 24.3 Å². The average molecular weight is 486 g/mol. The van der Waals surface area contributed by atoms with Crippen LogP contribution in [0.25, 0.3) is 11.1 Å². The molecule has 3 aromatic rings. The van der Waals surface area contributed by atoms with Gasteiger partial charge in [0.1, 0.15) is 29.2 Å². The predicted octanol–water partition coefficient (Wildman–Crippen LogP) is 7.18. The summed E-state index contributed by atoms with van der Waals surface area (Å²) in [5.41, 5.74) is 1.61. The van der Waals surface area contributed by atoms with E-state index < -0.39 is 17.5 Å². The van der Waals surface area contributed by atoms with E-state index in [4.69, 9.17) is 16.3 Å². The number of pyridine rings is 1. The van der Waals surface area contributed by atoms with Crippen molar-refractivity contribution in [2.45, 2.75) is 45.4 Å². The molecule has 1 saturated heterocycles. The van der Waals surface area contributed by atoms with Gasteiger partial charge in [0, 0.05) is 24.0 Å². The molecule has 0 N–H and O–H groups in total. The summed E-state index contributed by atoms with van der Waals surface area (Å²) in [4.78, 5) is 21.1. The molecule has 4 rings (SSSR count). The molecular weight excluding hydrogens is 460 g/mol. The molecule has 0 aliphatic carbocycles. The van der Waals surface area contributed by atoms with Gasteiger partial charge >= 0.3 is 6.09 Å². The predicted molar refractivity (Wildman–Crippen MR) is 129 cm³/mol. The third-order valence-corrected chi connectivity index (χ3v) is 5.79. The first-order chi connectivity index (χ1) is 16.1. The summed E-state index contributed by atoms with van der Waals surface area (Å²) in [6.45, 7) is 5.99. The summed E-state index contributed by atoms with van der Waals surface area (Å²) < 4.78 is 32.8. The van der Waals surface area contributed by atoms with E-state index in [1.807, 2.05) is 37.8 Å². The van der Waals surface area contributed by atoms with Crippen molar-refractivity contribution in [3.63, 3.8) is 0 Å². The second-order valence-electron chi connectivity index (χ2n) is 9.18. The Labute approximate surface area is 202 Å². The number of likely N-dealkylation sites (tertiary alicyclic amines) is 1. The standard InChI is InChI=1S/C26H26ClF2N3O2/c1-26(2,3)34-25(33)31-14-4-5-24(31)32(20-11-12-22(29)21(27)15-20)23-13-8-18(16-30-23)17-6-9-19(28)10-7-17/h6-13,15-16,24H,4-5,14H2,1-3H3. The molecule has 1 fully saturated rings. The van der Waals surface area contributed by atoms with Crippen LogP contribution in [-0.2, 0) is 4.74 Å². The number of carbonyl (C=O) groups excluding carboxylic acids is 1. The van der Waals surface area contributed by atoms with Gasteiger partial charge in [-0.05, 0) is 81.6 Å². The van der Waals surface area contributed by atoms with Gasteiger partial charge < -0.3 is 9.64 Å². The minimum atomic E-state index is -0.636. The minimum Gasteiger partial charge on any atom is -0.444 e. The maximum atomic E-state index is 13.9. The zero-order chi connectivity index (χ0) is 24.5. The molecule has 1 aliphatic heterocycles. The first kappa shape index (κ1) is 24.0. The molecule has 0 saturated carbocycles. The van der Waals surface area contributed by atoms with Crippen LogP contribution in [0.5, 0.6) is 0 Å². The average Bonchev–Trinajstić information content (AvgIpc) is 3.26. The second-order valence-corrected chi connectivity index (χ2v) is 9.58. The van der Waals surface area contributed by atoms with Crippen molar-refractivity contribution in [3.05, 3.63) is 77.5 Å². The van der Waals surface area contributed by atoms with Gasteiger partial charge in [-0.3, -0.25) is 4.90 Å². The Bertz CT molecular complexity index is 1160. The molecule has 8 heteroatoms. The molecule has 1 aromatic heterocycles. The van der Waals surface area contributed by atoms with Crippen LogP contribution in [0.2, 0.25) is 5.02 Å². The summed E-state index contributed by atoms with van der Waals surface area (Å²) in [6.07, 6.45) is 2.34. The number of rotatable bonds is 4. The smallest absolute Gasteiger partial charge is 0.411 e. The first-order valence-electron chi connectivity index (χ1n) is 11.1. The molecule has 2 heterocycles. The second kappa shape index (κ2) is 9.58. The van der Waals surface area contributed by atoms with Gasteiger partial charge in [0.2, 0.25) is 0 Å². The molecule has 1 unspecified atom stereocenters. The number of anilines is 2. The lowest BCUT2D eigenvalue weighted by Gasteiger charge is -2.37. The normalized spacial score (nSPS) is 15.9. The Balaban J connectivity index is 1.72. The van der Waals surface area contributed by atoms with Gasteiger partial charge in [-0.15, -0.1) is 0 Å². The maximum absolute atomic E-state index is 13.9. The van der Waals surface area contributed by atoms with Crippen LogP contribution < -0.4 is 4.90 Å². The van der Waals surface area contributed by atoms with Gasteiger partial charge in [-0.1, -0.05) is 23.7 Å². The SMILES string of the molecule is CC(C)(C)OC(=O)N1CCCC1N(c1ccc(F)c(Cl)c1)c1ccc(-c2ccc(F)cc2)cn1. The molecule has 0 spiro atoms. The van der Waals surface area contributed by atoms with Crippen molar-refractivity contribution >= 4 is 29.2 Å². The van der Waals surface area contributed by atoms with Crippen molar-refractivity contribution in [2.24, 2.45) is 0 Å². The highest BCUT2D eigenvalue weighted by Gasteiger charge is 2.37. The summed E-state index contributed by atoms with van der Waals surface area (Å²) in [6, 6.07) is 14.3. The molecule has 0 bridgehead atoms. The number of amides is 1. The molecule has 0 radical (unpaired) electrons. The van der Waals surface area contributed by atoms with Crippen molar-refractivity contribution in [3.8, 4) is 11.1 Å². The summed E-state index contributed by atoms with van der Waals surface area (Å²) in [5, 5.41) is -0.0211. The number of nitrogens with zero attached hydrogens (tertiary/aromatic N) is 3. The topological polar surface area (TPSA) is 45.7 Å². The number of hydrogen-bond acceptors (Lipinski definition) is 4. The van der Waals surface area contributed by atoms with E-state index in [0.29, 0.717) is 24.5 Å². The fraction of sp³-hybridized carbons (Fsp3) is 0.308. The van der Waals surface area contributed by atoms with Gasteiger partial charge in [0.15, 0.2) is 0 Å². The minimum absolute atomic E-state index is 0.0211. The van der Waals surface area contributed by atoms with Crippen LogP contribution in [0.15, 0.2) is 60.8 Å². The van der Waals surface area contributed by atoms with Crippen LogP contribution >= 0.6 is 11.6 Å². The summed E-state index contributed by atoms with van der Waals surface area (Å²) in [5.74, 6) is -0.273. The van der Waals surface area contributed by atoms with E-state index in [1.54, 1.807) is 29.3 Å². The summed E-state index contributed by atoms with van der Waals surface area (Å²) >= 11 is 6.10. The fourth-order valence-electron chi connectivity index (χ4n) is 3.98. The van der Waals surface area contributed by atoms with Crippen LogP contribution in [0.1, 0.15) is 33.6 Å². The Morgan fingerprint density at radius 2 is 1.79 bits per heavy atom. The Hall–Kier alpha value is -3.19. The van der Waals surface area contributed by atoms with Gasteiger partial charge in [0.25, 0.3) is 0 Å². The van der Waals surface area contributed by atoms with Gasteiger partial charge in [-0.25, -0.2) is 18.6 Å². The van der Waals surface area contributed by atoms with Gasteiger partial charge in [-0.2, -0.15) is 0 Å². The molecular formula is C26H26ClF2N3O2. The lowest BCUT2D eigenvalue weighted by molar-refractivity contribution is 0.0230. The van der Waals surface area contributed by atoms with Crippen LogP contribution in [0, 0.1) is 11.6 Å². The van der Waals surface area contributed by atoms with Crippen molar-refractivity contribution in [2.75, 3.05) is 11.4 Å². The molecule has 1 amide bonds. The highest BCUT2D eigenvalue weighted by Crippen LogP contribution is 2.36. The molecule has 2 aromatic carbocycles. The van der Waals surface area contributed by atoms with Crippen molar-refractivity contribution < 1.29 is 18.3 Å². The van der Waals surface area contributed by atoms with Crippen LogP contribution in [0.3, 0.4) is 0 Å². The van der Waals surface area contributed by atoms with E-state index in [2.05, 4.69) is 4.98 Å². The molecule has 34 heavy (non-hydrogen) atoms. The van der Waals surface area contributed by atoms with E-state index in [-0.39, 0.29) is 17.0 Å². The number of ether oxygens (including phenoxy) is 1. The number of halogens is 3. The van der Waals surface area contributed by atoms with E-state index in [9.17, 15) is 13.6 Å². The van der Waals surface area contributed by atoms with Crippen LogP contribution in [-0.4, -0.2) is 34.3 Å². The largest absolute Gasteiger partial charge is 0.444 e. The first-order valence-corrected chi connectivity index (χ1v) is 11.5. The number of benzene rings is 2. The van der Waals surface area contributed by atoms with E-state index in [0.717, 1.165) is 17.5 Å². The maximum Gasteiger partial charge on any atom is 0.411 e. The highest BCUT2D eigenvalue weighted by atomic mass is 35.5. The quantitative estimate of drug-likeness (QED) is 0.393. The third kappa shape index (κ3) is 5.30. The molecule has 1 aliphatic rings. The zero-order valence-corrected chi connectivity index (χ0v) is 20.0. The van der Waals surface area contributed by atoms with E-state index >= 15 is 0 Å². The monoisotopic (exact) mass is 485 g/mol. The van der Waals surface area contributed by atoms with Crippen LogP contribution in [0.4, 0.5) is 25.1 Å². The molecule has 1 atom stereocenters. The third-order valence-electron chi connectivity index (χ3n) is 5.50. The van der Waals surface area contributed by atoms with Crippen molar-refractivity contribution in [1.82, 2.24) is 9.88 Å². The fourth-order valence-corrected chi connectivity index (χ4v) is 4.16. The Morgan fingerprint density at radius 3 is 2.41 bits per heavy atom. The van der Waals surface area contributed by atoms with Crippen molar-refractivity contribution in [1.29, 1.82) is 0 Å². The molecule has 178 valence electrons. The number of aromatic nitrogens is 1. The number of carbonyl (C=O) groups is 1. The highest BCUT2D eigenvalue weighted by molar-refractivity contribution is 6.31. The summed E-state index contributed by atoms with van der Waals surface area (Å²) in [7, 11) is 0. The lowest BCUT2D eigenvalue weighted by atomic mass is 10.1. The van der Waals surface area contributed by atoms with Gasteiger partial charge in [0.05, 0.1) is 5.02 Å². The zero-order valence-electron chi connectivity index (χ0n) is 19.3. The Kier molecular flexibility index (Phi) is 6.75. The lowest BCUT2D eigenvalue weighted by Crippen LogP contribution is -2.47.